The molecule has 1 N–H and O–H groups in total. The standard InChI is InChI=1S/C25H20F2N4O2/c26-17-5-3-4-16(10-17)25(32)29-19-11-18(27)12-21(13-19)33-20-6-7-22-23(14-20)30-24(15-28-22)31-8-1-2-9-31/h3-7,10-15H,1-2,8-9H2,(H,29,32). The quantitative estimate of drug-likeness (QED) is 0.435. The van der Waals surface area contributed by atoms with Gasteiger partial charge in [-0.05, 0) is 49.2 Å². The lowest BCUT2D eigenvalue weighted by molar-refractivity contribution is 0.102. The zero-order valence-corrected chi connectivity index (χ0v) is 17.6. The lowest BCUT2D eigenvalue weighted by atomic mass is 10.2. The smallest absolute Gasteiger partial charge is 0.255 e. The fourth-order valence-corrected chi connectivity index (χ4v) is 3.81. The molecule has 0 unspecified atom stereocenters. The Labute approximate surface area is 188 Å². The van der Waals surface area contributed by atoms with Crippen molar-refractivity contribution < 1.29 is 18.3 Å². The molecule has 166 valence electrons. The van der Waals surface area contributed by atoms with Crippen LogP contribution in [0.25, 0.3) is 11.0 Å². The monoisotopic (exact) mass is 446 g/mol. The Hall–Kier alpha value is -4.07. The van der Waals surface area contributed by atoms with Gasteiger partial charge in [-0.3, -0.25) is 9.78 Å². The number of nitrogens with zero attached hydrogens (tertiary/aromatic N) is 3. The normalized spacial score (nSPS) is 13.3. The molecule has 1 fully saturated rings. The van der Waals surface area contributed by atoms with Crippen LogP contribution in [0.15, 0.2) is 66.9 Å². The number of benzene rings is 3. The molecule has 0 atom stereocenters. The average molecular weight is 446 g/mol. The van der Waals surface area contributed by atoms with Crippen molar-refractivity contribution in [2.45, 2.75) is 12.8 Å². The van der Waals surface area contributed by atoms with E-state index >= 15 is 0 Å². The second-order valence-electron chi connectivity index (χ2n) is 7.82. The van der Waals surface area contributed by atoms with E-state index in [2.05, 4.69) is 15.2 Å². The third-order valence-electron chi connectivity index (χ3n) is 5.38. The Morgan fingerprint density at radius 3 is 2.58 bits per heavy atom. The molecule has 1 aromatic heterocycles. The van der Waals surface area contributed by atoms with Gasteiger partial charge in [0.05, 0.1) is 17.2 Å². The van der Waals surface area contributed by atoms with Crippen LogP contribution in [0.2, 0.25) is 0 Å². The maximum Gasteiger partial charge on any atom is 0.255 e. The van der Waals surface area contributed by atoms with Crippen LogP contribution in [0.1, 0.15) is 23.2 Å². The number of hydrogen-bond donors (Lipinski definition) is 1. The second kappa shape index (κ2) is 8.82. The first-order chi connectivity index (χ1) is 16.0. The summed E-state index contributed by atoms with van der Waals surface area (Å²) in [5, 5.41) is 2.57. The van der Waals surface area contributed by atoms with E-state index in [1.807, 2.05) is 0 Å². The topological polar surface area (TPSA) is 67.3 Å². The van der Waals surface area contributed by atoms with Gasteiger partial charge in [-0.1, -0.05) is 6.07 Å². The number of aromatic nitrogens is 2. The SMILES string of the molecule is O=C(Nc1cc(F)cc(Oc2ccc3ncc(N4CCCC4)nc3c2)c1)c1cccc(F)c1. The van der Waals surface area contributed by atoms with Gasteiger partial charge in [0.1, 0.15) is 29.0 Å². The van der Waals surface area contributed by atoms with Crippen molar-refractivity contribution in [1.82, 2.24) is 9.97 Å². The van der Waals surface area contributed by atoms with E-state index in [-0.39, 0.29) is 17.0 Å². The molecule has 4 aromatic rings. The average Bonchev–Trinajstić information content (AvgIpc) is 3.33. The maximum absolute atomic E-state index is 14.2. The molecular formula is C25H20F2N4O2. The summed E-state index contributed by atoms with van der Waals surface area (Å²) >= 11 is 0. The van der Waals surface area contributed by atoms with Gasteiger partial charge in [0.2, 0.25) is 0 Å². The van der Waals surface area contributed by atoms with Crippen LogP contribution < -0.4 is 15.0 Å². The van der Waals surface area contributed by atoms with E-state index in [4.69, 9.17) is 9.72 Å². The van der Waals surface area contributed by atoms with Crippen molar-refractivity contribution in [3.8, 4) is 11.5 Å². The number of fused-ring (bicyclic) bond motifs is 1. The minimum atomic E-state index is -0.584. The molecule has 33 heavy (non-hydrogen) atoms. The number of ether oxygens (including phenoxy) is 1. The molecule has 0 aliphatic carbocycles. The maximum atomic E-state index is 14.2. The van der Waals surface area contributed by atoms with E-state index in [1.54, 1.807) is 24.4 Å². The number of carbonyl (C=O) groups excluding carboxylic acids is 1. The molecule has 0 bridgehead atoms. The third kappa shape index (κ3) is 4.74. The molecule has 2 heterocycles. The minimum absolute atomic E-state index is 0.128. The lowest BCUT2D eigenvalue weighted by Gasteiger charge is -2.16. The van der Waals surface area contributed by atoms with E-state index in [0.29, 0.717) is 11.3 Å². The molecule has 0 spiro atoms. The molecule has 0 radical (unpaired) electrons. The van der Waals surface area contributed by atoms with Crippen molar-refractivity contribution in [2.75, 3.05) is 23.3 Å². The first-order valence-electron chi connectivity index (χ1n) is 10.6. The van der Waals surface area contributed by atoms with Crippen molar-refractivity contribution in [3.05, 3.63) is 84.1 Å². The van der Waals surface area contributed by atoms with Gasteiger partial charge in [0, 0.05) is 42.5 Å². The molecule has 6 nitrogen and oxygen atoms in total. The summed E-state index contributed by atoms with van der Waals surface area (Å²) in [6, 6.07) is 14.4. The predicted molar refractivity (Wildman–Crippen MR) is 122 cm³/mol. The molecule has 0 saturated carbocycles. The van der Waals surface area contributed by atoms with Gasteiger partial charge < -0.3 is 15.0 Å². The summed E-state index contributed by atoms with van der Waals surface area (Å²) < 4.78 is 33.4. The van der Waals surface area contributed by atoms with Crippen LogP contribution in [0, 0.1) is 11.6 Å². The van der Waals surface area contributed by atoms with Crippen LogP contribution in [0.4, 0.5) is 20.3 Å². The Bertz CT molecular complexity index is 1340. The van der Waals surface area contributed by atoms with E-state index in [9.17, 15) is 13.6 Å². The highest BCUT2D eigenvalue weighted by atomic mass is 19.1. The highest BCUT2D eigenvalue weighted by Gasteiger charge is 2.15. The second-order valence-corrected chi connectivity index (χ2v) is 7.82. The summed E-state index contributed by atoms with van der Waals surface area (Å²) in [6.45, 7) is 1.92. The zero-order chi connectivity index (χ0) is 22.8. The minimum Gasteiger partial charge on any atom is -0.457 e. The van der Waals surface area contributed by atoms with Gasteiger partial charge in [-0.15, -0.1) is 0 Å². The fraction of sp³-hybridized carbons (Fsp3) is 0.160. The first kappa shape index (κ1) is 20.8. The van der Waals surface area contributed by atoms with Gasteiger partial charge in [0.25, 0.3) is 5.91 Å². The van der Waals surface area contributed by atoms with E-state index < -0.39 is 17.5 Å². The molecule has 3 aromatic carbocycles. The van der Waals surface area contributed by atoms with Crippen LogP contribution >= 0.6 is 0 Å². The number of anilines is 2. The lowest BCUT2D eigenvalue weighted by Crippen LogP contribution is -2.19. The molecular weight excluding hydrogens is 426 g/mol. The predicted octanol–water partition coefficient (Wildman–Crippen LogP) is 5.55. The Balaban J connectivity index is 1.37. The Kier molecular flexibility index (Phi) is 5.56. The van der Waals surface area contributed by atoms with Crippen molar-refractivity contribution in [1.29, 1.82) is 0 Å². The summed E-state index contributed by atoms with van der Waals surface area (Å²) in [6.07, 6.45) is 4.05. The number of hydrogen-bond acceptors (Lipinski definition) is 5. The van der Waals surface area contributed by atoms with E-state index in [1.165, 1.54) is 30.3 Å². The van der Waals surface area contributed by atoms with Gasteiger partial charge in [-0.2, -0.15) is 0 Å². The Morgan fingerprint density at radius 2 is 1.76 bits per heavy atom. The Morgan fingerprint density at radius 1 is 0.909 bits per heavy atom. The van der Waals surface area contributed by atoms with Crippen LogP contribution in [0.5, 0.6) is 11.5 Å². The third-order valence-corrected chi connectivity index (χ3v) is 5.38. The largest absolute Gasteiger partial charge is 0.457 e. The van der Waals surface area contributed by atoms with Gasteiger partial charge >= 0.3 is 0 Å². The highest BCUT2D eigenvalue weighted by molar-refractivity contribution is 6.04. The molecule has 1 aliphatic heterocycles. The van der Waals surface area contributed by atoms with Gasteiger partial charge in [-0.25, -0.2) is 13.8 Å². The summed E-state index contributed by atoms with van der Waals surface area (Å²) in [7, 11) is 0. The fourth-order valence-electron chi connectivity index (χ4n) is 3.81. The van der Waals surface area contributed by atoms with Crippen molar-refractivity contribution in [3.63, 3.8) is 0 Å². The summed E-state index contributed by atoms with van der Waals surface area (Å²) in [5.41, 5.74) is 1.72. The van der Waals surface area contributed by atoms with Crippen molar-refractivity contribution >= 4 is 28.4 Å². The summed E-state index contributed by atoms with van der Waals surface area (Å²) in [5.74, 6) is -0.181. The van der Waals surface area contributed by atoms with Crippen LogP contribution in [0.3, 0.4) is 0 Å². The molecule has 8 heteroatoms. The van der Waals surface area contributed by atoms with Crippen molar-refractivity contribution in [2.24, 2.45) is 0 Å². The number of rotatable bonds is 5. The number of nitrogens with one attached hydrogen (secondary N) is 1. The number of carbonyl (C=O) groups is 1. The molecule has 5 rings (SSSR count). The summed E-state index contributed by atoms with van der Waals surface area (Å²) in [4.78, 5) is 23.7. The molecule has 1 amide bonds. The van der Waals surface area contributed by atoms with Crippen LogP contribution in [-0.4, -0.2) is 29.0 Å². The molecule has 1 aliphatic rings. The number of halogens is 2. The van der Waals surface area contributed by atoms with Gasteiger partial charge in [0.15, 0.2) is 0 Å². The molecule has 1 saturated heterocycles. The highest BCUT2D eigenvalue weighted by Crippen LogP contribution is 2.29. The van der Waals surface area contributed by atoms with E-state index in [0.717, 1.165) is 49.4 Å². The zero-order valence-electron chi connectivity index (χ0n) is 17.6. The van der Waals surface area contributed by atoms with Crippen LogP contribution in [-0.2, 0) is 0 Å². The first-order valence-corrected chi connectivity index (χ1v) is 10.6. The number of amides is 1.